The lowest BCUT2D eigenvalue weighted by atomic mass is 10.2. The molecule has 0 bridgehead atoms. The van der Waals surface area contributed by atoms with E-state index in [4.69, 9.17) is 11.6 Å². The Kier molecular flexibility index (Phi) is 4.73. The van der Waals surface area contributed by atoms with Gasteiger partial charge in [-0.3, -0.25) is 4.79 Å². The molecule has 1 aromatic carbocycles. The summed E-state index contributed by atoms with van der Waals surface area (Å²) in [6.45, 7) is 0.101. The zero-order valence-corrected chi connectivity index (χ0v) is 12.9. The third-order valence-electron chi connectivity index (χ3n) is 2.78. The fourth-order valence-corrected chi connectivity index (χ4v) is 2.34. The molecule has 0 fully saturated rings. The van der Waals surface area contributed by atoms with Crippen molar-refractivity contribution in [3.8, 4) is 0 Å². The molecule has 1 amide bonds. The molecule has 0 saturated heterocycles. The maximum Gasteiger partial charge on any atom is 0.254 e. The average Bonchev–Trinajstić information content (AvgIpc) is 2.42. The van der Waals surface area contributed by atoms with Crippen LogP contribution in [-0.4, -0.2) is 22.8 Å². The van der Waals surface area contributed by atoms with Gasteiger partial charge in [0.15, 0.2) is 0 Å². The van der Waals surface area contributed by atoms with Gasteiger partial charge in [0.1, 0.15) is 10.4 Å². The fourth-order valence-electron chi connectivity index (χ4n) is 1.75. The molecule has 3 nitrogen and oxygen atoms in total. The number of aromatic nitrogens is 1. The van der Waals surface area contributed by atoms with Gasteiger partial charge in [0.25, 0.3) is 5.91 Å². The summed E-state index contributed by atoms with van der Waals surface area (Å²) in [5.74, 6) is -0.652. The Morgan fingerprint density at radius 3 is 2.85 bits per heavy atom. The summed E-state index contributed by atoms with van der Waals surface area (Å²) in [5, 5.41) is 0.306. The van der Waals surface area contributed by atoms with Gasteiger partial charge in [-0.05, 0) is 40.2 Å². The van der Waals surface area contributed by atoms with E-state index in [-0.39, 0.29) is 12.5 Å². The highest BCUT2D eigenvalue weighted by atomic mass is 79.9. The van der Waals surface area contributed by atoms with E-state index in [1.807, 2.05) is 0 Å². The molecule has 0 atom stereocenters. The van der Waals surface area contributed by atoms with Crippen LogP contribution in [0.15, 0.2) is 41.1 Å². The lowest BCUT2D eigenvalue weighted by Crippen LogP contribution is -2.26. The molecule has 0 radical (unpaired) electrons. The molecular formula is C14H11BrClFN2O. The first kappa shape index (κ1) is 14.9. The second kappa shape index (κ2) is 6.33. The number of carbonyl (C=O) groups is 1. The van der Waals surface area contributed by atoms with Crippen molar-refractivity contribution in [2.75, 3.05) is 7.05 Å². The molecule has 0 saturated carbocycles. The number of nitrogens with zero attached hydrogens (tertiary/aromatic N) is 2. The minimum absolute atomic E-state index is 0.101. The summed E-state index contributed by atoms with van der Waals surface area (Å²) in [6.07, 6.45) is 1.53. The molecule has 0 aliphatic rings. The van der Waals surface area contributed by atoms with Crippen LogP contribution in [0.5, 0.6) is 0 Å². The third kappa shape index (κ3) is 3.35. The number of benzene rings is 1. The molecule has 1 aromatic heterocycles. The van der Waals surface area contributed by atoms with Crippen molar-refractivity contribution in [2.45, 2.75) is 6.54 Å². The molecule has 20 heavy (non-hydrogen) atoms. The van der Waals surface area contributed by atoms with E-state index in [1.54, 1.807) is 25.2 Å². The molecular weight excluding hydrogens is 347 g/mol. The maximum absolute atomic E-state index is 13.7. The van der Waals surface area contributed by atoms with Crippen LogP contribution < -0.4 is 0 Å². The minimum atomic E-state index is -0.423. The quantitative estimate of drug-likeness (QED) is 0.780. The van der Waals surface area contributed by atoms with Crippen LogP contribution in [0.4, 0.5) is 4.39 Å². The first-order valence-corrected chi connectivity index (χ1v) is 6.96. The second-order valence-corrected chi connectivity index (χ2v) is 5.45. The van der Waals surface area contributed by atoms with Crippen LogP contribution in [0.1, 0.15) is 15.9 Å². The normalized spacial score (nSPS) is 10.4. The van der Waals surface area contributed by atoms with Gasteiger partial charge in [-0.2, -0.15) is 0 Å². The molecule has 6 heteroatoms. The molecule has 0 aliphatic heterocycles. The van der Waals surface area contributed by atoms with Crippen LogP contribution in [0.2, 0.25) is 5.02 Å². The number of amides is 1. The Hall–Kier alpha value is -1.46. The Labute approximate surface area is 129 Å². The van der Waals surface area contributed by atoms with E-state index in [0.717, 1.165) is 0 Å². The summed E-state index contributed by atoms with van der Waals surface area (Å²) < 4.78 is 14.3. The first-order valence-electron chi connectivity index (χ1n) is 5.79. The van der Waals surface area contributed by atoms with Crippen LogP contribution in [-0.2, 0) is 6.54 Å². The fraction of sp³-hybridized carbons (Fsp3) is 0.143. The van der Waals surface area contributed by atoms with Crippen molar-refractivity contribution in [3.05, 3.63) is 63.1 Å². The van der Waals surface area contributed by atoms with E-state index in [9.17, 15) is 9.18 Å². The largest absolute Gasteiger partial charge is 0.337 e. The van der Waals surface area contributed by atoms with Gasteiger partial charge >= 0.3 is 0 Å². The standard InChI is InChI=1S/C14H11BrClFN2O/c1-19(8-10-11(16)3-2-4-12(10)17)14(20)9-5-6-18-13(15)7-9/h2-7H,8H2,1H3. The number of carbonyl (C=O) groups excluding carboxylic acids is 1. The van der Waals surface area contributed by atoms with Gasteiger partial charge < -0.3 is 4.90 Å². The molecule has 2 rings (SSSR count). The smallest absolute Gasteiger partial charge is 0.254 e. The van der Waals surface area contributed by atoms with Crippen LogP contribution in [0.3, 0.4) is 0 Å². The van der Waals surface area contributed by atoms with Crippen molar-refractivity contribution in [1.82, 2.24) is 9.88 Å². The SMILES string of the molecule is CN(Cc1c(F)cccc1Cl)C(=O)c1ccnc(Br)c1. The topological polar surface area (TPSA) is 33.2 Å². The van der Waals surface area contributed by atoms with Crippen molar-refractivity contribution in [2.24, 2.45) is 0 Å². The molecule has 0 aliphatic carbocycles. The Morgan fingerprint density at radius 1 is 1.45 bits per heavy atom. The lowest BCUT2D eigenvalue weighted by molar-refractivity contribution is 0.0783. The molecule has 0 spiro atoms. The van der Waals surface area contributed by atoms with Crippen LogP contribution in [0.25, 0.3) is 0 Å². The maximum atomic E-state index is 13.7. The zero-order valence-electron chi connectivity index (χ0n) is 10.6. The van der Waals surface area contributed by atoms with Gasteiger partial charge in [0, 0.05) is 35.9 Å². The van der Waals surface area contributed by atoms with Gasteiger partial charge in [0.05, 0.1) is 0 Å². The average molecular weight is 358 g/mol. The minimum Gasteiger partial charge on any atom is -0.337 e. The molecule has 0 unspecified atom stereocenters. The van der Waals surface area contributed by atoms with Crippen molar-refractivity contribution >= 4 is 33.4 Å². The molecule has 104 valence electrons. The zero-order chi connectivity index (χ0) is 14.7. The molecule has 2 aromatic rings. The molecule has 1 heterocycles. The second-order valence-electron chi connectivity index (χ2n) is 4.23. The highest BCUT2D eigenvalue weighted by Crippen LogP contribution is 2.21. The van der Waals surface area contributed by atoms with E-state index in [2.05, 4.69) is 20.9 Å². The summed E-state index contributed by atoms with van der Waals surface area (Å²) in [5.41, 5.74) is 0.778. The van der Waals surface area contributed by atoms with Crippen molar-refractivity contribution < 1.29 is 9.18 Å². The number of hydrogen-bond acceptors (Lipinski definition) is 2. The van der Waals surface area contributed by atoms with Crippen molar-refractivity contribution in [1.29, 1.82) is 0 Å². The van der Waals surface area contributed by atoms with Gasteiger partial charge in [-0.15, -0.1) is 0 Å². The third-order valence-corrected chi connectivity index (χ3v) is 3.56. The monoisotopic (exact) mass is 356 g/mol. The predicted octanol–water partition coefficient (Wildman–Crippen LogP) is 3.91. The summed E-state index contributed by atoms with van der Waals surface area (Å²) in [6, 6.07) is 7.67. The van der Waals surface area contributed by atoms with Gasteiger partial charge in [0.2, 0.25) is 0 Å². The van der Waals surface area contributed by atoms with Crippen LogP contribution in [0, 0.1) is 5.82 Å². The number of hydrogen-bond donors (Lipinski definition) is 0. The van der Waals surface area contributed by atoms with Gasteiger partial charge in [-0.1, -0.05) is 17.7 Å². The number of rotatable bonds is 3. The Morgan fingerprint density at radius 2 is 2.20 bits per heavy atom. The predicted molar refractivity (Wildman–Crippen MR) is 79.1 cm³/mol. The summed E-state index contributed by atoms with van der Waals surface area (Å²) in [7, 11) is 1.60. The Bertz CT molecular complexity index is 631. The lowest BCUT2D eigenvalue weighted by Gasteiger charge is -2.18. The van der Waals surface area contributed by atoms with E-state index in [1.165, 1.54) is 23.2 Å². The van der Waals surface area contributed by atoms with Gasteiger partial charge in [-0.25, -0.2) is 9.37 Å². The summed E-state index contributed by atoms with van der Waals surface area (Å²) in [4.78, 5) is 17.6. The highest BCUT2D eigenvalue weighted by molar-refractivity contribution is 9.10. The number of halogens is 3. The van der Waals surface area contributed by atoms with Crippen molar-refractivity contribution in [3.63, 3.8) is 0 Å². The summed E-state index contributed by atoms with van der Waals surface area (Å²) >= 11 is 9.16. The van der Waals surface area contributed by atoms with Crippen LogP contribution >= 0.6 is 27.5 Å². The molecule has 0 N–H and O–H groups in total. The van der Waals surface area contributed by atoms with E-state index >= 15 is 0 Å². The van der Waals surface area contributed by atoms with E-state index < -0.39 is 5.82 Å². The van der Waals surface area contributed by atoms with E-state index in [0.29, 0.717) is 20.8 Å². The Balaban J connectivity index is 2.20. The highest BCUT2D eigenvalue weighted by Gasteiger charge is 2.16. The number of pyridine rings is 1. The first-order chi connectivity index (χ1) is 9.49.